The second-order valence-electron chi connectivity index (χ2n) is 4.83. The summed E-state index contributed by atoms with van der Waals surface area (Å²) < 4.78 is 25.9. The summed E-state index contributed by atoms with van der Waals surface area (Å²) in [6.07, 6.45) is 6.58. The van der Waals surface area contributed by atoms with Crippen LogP contribution in [0.25, 0.3) is 0 Å². The zero-order valence-electron chi connectivity index (χ0n) is 9.48. The fourth-order valence-corrected chi connectivity index (χ4v) is 4.98. The van der Waals surface area contributed by atoms with E-state index in [-0.39, 0.29) is 0 Å². The van der Waals surface area contributed by atoms with Crippen molar-refractivity contribution in [2.45, 2.75) is 51.5 Å². The normalized spacial score (nSPS) is 32.9. The van der Waals surface area contributed by atoms with Gasteiger partial charge < -0.3 is 0 Å². The summed E-state index contributed by atoms with van der Waals surface area (Å²) in [5.74, 6) is 0.987. The van der Waals surface area contributed by atoms with Crippen molar-refractivity contribution in [3.63, 3.8) is 0 Å². The van der Waals surface area contributed by atoms with Crippen molar-refractivity contribution < 1.29 is 8.42 Å². The molecule has 0 N–H and O–H groups in total. The Morgan fingerprint density at radius 1 is 1.20 bits per heavy atom. The fourth-order valence-electron chi connectivity index (χ4n) is 3.13. The number of piperidine rings is 1. The monoisotopic (exact) mass is 231 g/mol. The minimum Gasteiger partial charge on any atom is -0.212 e. The Bertz CT molecular complexity index is 313. The van der Waals surface area contributed by atoms with Crippen molar-refractivity contribution in [1.29, 1.82) is 0 Å². The highest BCUT2D eigenvalue weighted by atomic mass is 32.2. The van der Waals surface area contributed by atoms with E-state index in [1.807, 2.05) is 11.2 Å². The molecule has 2 rings (SSSR count). The average molecular weight is 231 g/mol. The minimum atomic E-state index is -2.95. The van der Waals surface area contributed by atoms with E-state index in [0.717, 1.165) is 25.8 Å². The van der Waals surface area contributed by atoms with Gasteiger partial charge in [0.05, 0.1) is 5.75 Å². The van der Waals surface area contributed by atoms with Crippen LogP contribution in [0.15, 0.2) is 0 Å². The molecule has 0 aromatic rings. The molecule has 1 aliphatic carbocycles. The summed E-state index contributed by atoms with van der Waals surface area (Å²) in [5.41, 5.74) is 0. The van der Waals surface area contributed by atoms with Gasteiger partial charge in [0.1, 0.15) is 0 Å². The average Bonchev–Trinajstić information content (AvgIpc) is 2.64. The summed E-state index contributed by atoms with van der Waals surface area (Å²) in [7, 11) is -2.95. The Kier molecular flexibility index (Phi) is 3.36. The van der Waals surface area contributed by atoms with E-state index in [1.54, 1.807) is 0 Å². The fraction of sp³-hybridized carbons (Fsp3) is 1.00. The molecule has 1 aliphatic heterocycles. The standard InChI is InChI=1S/C11H21NO2S/c1-2-9-15(13,14)12-8-4-6-10-5-3-7-11(10)12/h10-11H,2-9H2,1H3. The maximum atomic E-state index is 12.1. The van der Waals surface area contributed by atoms with E-state index in [1.165, 1.54) is 19.3 Å². The number of nitrogens with zero attached hydrogens (tertiary/aromatic N) is 1. The molecule has 2 aliphatic rings. The van der Waals surface area contributed by atoms with Gasteiger partial charge >= 0.3 is 0 Å². The van der Waals surface area contributed by atoms with E-state index in [2.05, 4.69) is 0 Å². The maximum Gasteiger partial charge on any atom is 0.214 e. The van der Waals surface area contributed by atoms with Crippen LogP contribution in [0.1, 0.15) is 45.4 Å². The van der Waals surface area contributed by atoms with E-state index in [0.29, 0.717) is 17.7 Å². The number of hydrogen-bond acceptors (Lipinski definition) is 2. The van der Waals surface area contributed by atoms with Crippen LogP contribution in [0.5, 0.6) is 0 Å². The first kappa shape index (κ1) is 11.4. The van der Waals surface area contributed by atoms with Crippen molar-refractivity contribution in [3.05, 3.63) is 0 Å². The van der Waals surface area contributed by atoms with Crippen molar-refractivity contribution in [3.8, 4) is 0 Å². The molecular weight excluding hydrogens is 210 g/mol. The van der Waals surface area contributed by atoms with E-state index < -0.39 is 10.0 Å². The highest BCUT2D eigenvalue weighted by molar-refractivity contribution is 7.89. The molecule has 0 aromatic heterocycles. The molecule has 2 fully saturated rings. The molecule has 1 saturated heterocycles. The van der Waals surface area contributed by atoms with Gasteiger partial charge in [-0.25, -0.2) is 8.42 Å². The Balaban J connectivity index is 2.14. The quantitative estimate of drug-likeness (QED) is 0.745. The van der Waals surface area contributed by atoms with Gasteiger partial charge in [-0.3, -0.25) is 0 Å². The summed E-state index contributed by atoms with van der Waals surface area (Å²) in [6.45, 7) is 2.71. The second kappa shape index (κ2) is 4.42. The van der Waals surface area contributed by atoms with Crippen LogP contribution >= 0.6 is 0 Å². The summed E-state index contributed by atoms with van der Waals surface area (Å²) in [4.78, 5) is 0. The van der Waals surface area contributed by atoms with Crippen LogP contribution < -0.4 is 0 Å². The van der Waals surface area contributed by atoms with Crippen molar-refractivity contribution in [2.24, 2.45) is 5.92 Å². The van der Waals surface area contributed by atoms with E-state index in [9.17, 15) is 8.42 Å². The Hall–Kier alpha value is -0.0900. The van der Waals surface area contributed by atoms with Crippen molar-refractivity contribution >= 4 is 10.0 Å². The van der Waals surface area contributed by atoms with Gasteiger partial charge in [0.25, 0.3) is 0 Å². The Morgan fingerprint density at radius 3 is 2.67 bits per heavy atom. The van der Waals surface area contributed by atoms with Gasteiger partial charge in [-0.05, 0) is 38.0 Å². The molecule has 2 atom stereocenters. The number of fused-ring (bicyclic) bond motifs is 1. The lowest BCUT2D eigenvalue weighted by Gasteiger charge is -2.36. The number of hydrogen-bond donors (Lipinski definition) is 0. The van der Waals surface area contributed by atoms with Crippen molar-refractivity contribution in [1.82, 2.24) is 4.31 Å². The maximum absolute atomic E-state index is 12.1. The van der Waals surface area contributed by atoms with E-state index in [4.69, 9.17) is 0 Å². The first-order valence-corrected chi connectivity index (χ1v) is 7.75. The van der Waals surface area contributed by atoms with Gasteiger partial charge in [-0.2, -0.15) is 4.31 Å². The van der Waals surface area contributed by atoms with Gasteiger partial charge in [0.2, 0.25) is 10.0 Å². The van der Waals surface area contributed by atoms with Crippen LogP contribution in [-0.2, 0) is 10.0 Å². The molecule has 3 nitrogen and oxygen atoms in total. The predicted molar refractivity (Wildman–Crippen MR) is 61.1 cm³/mol. The third-order valence-electron chi connectivity index (χ3n) is 3.76. The number of rotatable bonds is 3. The molecule has 0 radical (unpaired) electrons. The zero-order valence-corrected chi connectivity index (χ0v) is 10.3. The van der Waals surface area contributed by atoms with Crippen molar-refractivity contribution in [2.75, 3.05) is 12.3 Å². The Labute approximate surface area is 92.9 Å². The molecule has 0 spiro atoms. The van der Waals surface area contributed by atoms with E-state index >= 15 is 0 Å². The highest BCUT2D eigenvalue weighted by Crippen LogP contribution is 2.38. The van der Waals surface area contributed by atoms with Gasteiger partial charge in [0, 0.05) is 12.6 Å². The van der Waals surface area contributed by atoms with Gasteiger partial charge in [0.15, 0.2) is 0 Å². The molecule has 0 bridgehead atoms. The lowest BCUT2D eigenvalue weighted by Crippen LogP contribution is -2.46. The van der Waals surface area contributed by atoms with Crippen LogP contribution in [-0.4, -0.2) is 31.1 Å². The van der Waals surface area contributed by atoms with Crippen LogP contribution in [0.2, 0.25) is 0 Å². The van der Waals surface area contributed by atoms with Crippen LogP contribution in [0.4, 0.5) is 0 Å². The third-order valence-corrected chi connectivity index (χ3v) is 5.85. The zero-order chi connectivity index (χ0) is 10.9. The third kappa shape index (κ3) is 2.21. The highest BCUT2D eigenvalue weighted by Gasteiger charge is 2.39. The lowest BCUT2D eigenvalue weighted by molar-refractivity contribution is 0.202. The van der Waals surface area contributed by atoms with Crippen LogP contribution in [0.3, 0.4) is 0 Å². The minimum absolute atomic E-state index is 0.330. The lowest BCUT2D eigenvalue weighted by atomic mass is 9.94. The molecule has 2 unspecified atom stereocenters. The molecule has 0 amide bonds. The first-order valence-electron chi connectivity index (χ1n) is 6.14. The molecule has 0 aromatic carbocycles. The molecular formula is C11H21NO2S. The molecule has 4 heteroatoms. The smallest absolute Gasteiger partial charge is 0.212 e. The summed E-state index contributed by atoms with van der Waals surface area (Å²) >= 11 is 0. The summed E-state index contributed by atoms with van der Waals surface area (Å²) in [6, 6.07) is 0.343. The summed E-state index contributed by atoms with van der Waals surface area (Å²) in [5, 5.41) is 0. The Morgan fingerprint density at radius 2 is 1.93 bits per heavy atom. The largest absolute Gasteiger partial charge is 0.214 e. The van der Waals surface area contributed by atoms with Crippen LogP contribution in [0, 0.1) is 5.92 Å². The SMILES string of the molecule is CCCS(=O)(=O)N1CCCC2CCCC21. The molecule has 1 heterocycles. The molecule has 1 saturated carbocycles. The van der Waals surface area contributed by atoms with Gasteiger partial charge in [-0.1, -0.05) is 13.3 Å². The molecule has 15 heavy (non-hydrogen) atoms. The topological polar surface area (TPSA) is 37.4 Å². The molecule has 88 valence electrons. The van der Waals surface area contributed by atoms with Gasteiger partial charge in [-0.15, -0.1) is 0 Å². The number of sulfonamides is 1. The predicted octanol–water partition coefficient (Wildman–Crippen LogP) is 1.99. The first-order chi connectivity index (χ1) is 7.15. The second-order valence-corrected chi connectivity index (χ2v) is 6.87.